The average molecular weight is 1720 g/mol. The third-order valence-corrected chi connectivity index (χ3v) is 25.3. The monoisotopic (exact) mass is 1720 g/mol. The summed E-state index contributed by atoms with van der Waals surface area (Å²) in [7, 11) is 0. The molecule has 0 atom stereocenters. The fourth-order valence-corrected chi connectivity index (χ4v) is 17.4. The summed E-state index contributed by atoms with van der Waals surface area (Å²) in [6.07, 6.45) is 0. The lowest BCUT2D eigenvalue weighted by Gasteiger charge is -2.17. The minimum atomic E-state index is 0.513. The van der Waals surface area contributed by atoms with Crippen LogP contribution in [0.15, 0.2) is 437 Å². The molecule has 0 saturated heterocycles. The van der Waals surface area contributed by atoms with Crippen LogP contribution in [0.2, 0.25) is 0 Å². The topological polar surface area (TPSA) is 0 Å². The number of rotatable bonds is 18. The van der Waals surface area contributed by atoms with Gasteiger partial charge in [-0.05, 0) is 314 Å². The third kappa shape index (κ3) is 25.1. The molecule has 0 aliphatic carbocycles. The predicted octanol–water partition coefficient (Wildman–Crippen LogP) is 38.7. The highest BCUT2D eigenvalue weighted by atomic mass is 14.2. The van der Waals surface area contributed by atoms with E-state index in [0.717, 1.165) is 0 Å². The van der Waals surface area contributed by atoms with Crippen molar-refractivity contribution in [3.05, 3.63) is 504 Å². The average Bonchev–Trinajstić information content (AvgIpc) is 0.796. The molecular weight excluding hydrogens is 1590 g/mol. The molecule has 0 saturated carbocycles. The zero-order valence-corrected chi connectivity index (χ0v) is 81.0. The van der Waals surface area contributed by atoms with Crippen molar-refractivity contribution < 1.29 is 0 Å². The van der Waals surface area contributed by atoms with Crippen LogP contribution in [0, 0.1) is 41.5 Å². The normalized spacial score (nSPS) is 10.9. The predicted molar refractivity (Wildman–Crippen MR) is 577 cm³/mol. The first-order chi connectivity index (χ1) is 63.9. The van der Waals surface area contributed by atoms with E-state index in [1.54, 1.807) is 0 Å². The second-order valence-electron chi connectivity index (χ2n) is 36.9. The quantitative estimate of drug-likeness (QED) is 0.0803. The van der Waals surface area contributed by atoms with Crippen LogP contribution in [0.3, 0.4) is 0 Å². The van der Waals surface area contributed by atoms with E-state index in [1.807, 2.05) is 0 Å². The van der Waals surface area contributed by atoms with Gasteiger partial charge >= 0.3 is 0 Å². The highest BCUT2D eigenvalue weighted by molar-refractivity contribution is 5.83. The van der Waals surface area contributed by atoms with Crippen LogP contribution in [-0.4, -0.2) is 0 Å². The highest BCUT2D eigenvalue weighted by Gasteiger charge is 2.18. The lowest BCUT2D eigenvalue weighted by Crippen LogP contribution is -1.95. The van der Waals surface area contributed by atoms with Gasteiger partial charge in [-0.2, -0.15) is 0 Å². The molecule has 18 aromatic carbocycles. The first kappa shape index (κ1) is 95.5. The largest absolute Gasteiger partial charge is 0.0622 e. The smallest absolute Gasteiger partial charge is 0.0140 e. The minimum Gasteiger partial charge on any atom is -0.0622 e. The summed E-state index contributed by atoms with van der Waals surface area (Å²) in [6.45, 7) is 40.1. The van der Waals surface area contributed by atoms with Gasteiger partial charge in [-0.3, -0.25) is 0 Å². The van der Waals surface area contributed by atoms with Crippen LogP contribution >= 0.6 is 0 Å². The Hall–Kier alpha value is -14.0. The van der Waals surface area contributed by atoms with Crippen molar-refractivity contribution in [3.8, 4) is 134 Å². The van der Waals surface area contributed by atoms with Gasteiger partial charge in [0, 0.05) is 0 Å². The molecule has 0 bridgehead atoms. The maximum atomic E-state index is 2.34. The van der Waals surface area contributed by atoms with Crippen LogP contribution in [0.25, 0.3) is 134 Å². The van der Waals surface area contributed by atoms with E-state index in [-0.39, 0.29) is 0 Å². The van der Waals surface area contributed by atoms with Gasteiger partial charge in [-0.15, -0.1) is 0 Å². The molecule has 132 heavy (non-hydrogen) atoms. The Morgan fingerprint density at radius 2 is 0.371 bits per heavy atom. The van der Waals surface area contributed by atoms with E-state index < -0.39 is 0 Å². The Morgan fingerprint density at radius 1 is 0.114 bits per heavy atom. The van der Waals surface area contributed by atoms with Gasteiger partial charge in [-0.1, -0.05) is 483 Å². The highest BCUT2D eigenvalue weighted by Crippen LogP contribution is 2.41. The van der Waals surface area contributed by atoms with Crippen molar-refractivity contribution >= 4 is 0 Å². The molecule has 0 unspecified atom stereocenters. The molecule has 18 aromatic rings. The van der Waals surface area contributed by atoms with Crippen molar-refractivity contribution in [2.45, 2.75) is 160 Å². The van der Waals surface area contributed by atoms with Crippen molar-refractivity contribution in [2.75, 3.05) is 0 Å². The third-order valence-electron chi connectivity index (χ3n) is 25.3. The molecule has 0 fully saturated rings. The van der Waals surface area contributed by atoms with E-state index in [0.29, 0.717) is 35.5 Å². The molecule has 0 aliphatic heterocycles. The van der Waals surface area contributed by atoms with Gasteiger partial charge in [0.1, 0.15) is 0 Å². The summed E-state index contributed by atoms with van der Waals surface area (Å²) in [5.74, 6) is 3.20. The maximum absolute atomic E-state index is 2.34. The van der Waals surface area contributed by atoms with Crippen molar-refractivity contribution in [2.24, 2.45) is 0 Å². The van der Waals surface area contributed by atoms with Gasteiger partial charge < -0.3 is 0 Å². The molecule has 0 heteroatoms. The number of aryl methyl sites for hydroxylation is 6. The molecule has 0 aliphatic rings. The summed E-state index contributed by atoms with van der Waals surface area (Å²) in [5, 5.41) is 0. The van der Waals surface area contributed by atoms with Crippen LogP contribution in [0.4, 0.5) is 0 Å². The molecule has 0 radical (unpaired) electrons. The second kappa shape index (κ2) is 46.5. The van der Waals surface area contributed by atoms with Gasteiger partial charge in [0.15, 0.2) is 0 Å². The first-order valence-corrected chi connectivity index (χ1v) is 47.5. The van der Waals surface area contributed by atoms with Crippen LogP contribution in [-0.2, 0) is 0 Å². The first-order valence-electron chi connectivity index (χ1n) is 47.5. The Balaban J connectivity index is 0.000000135. The fourth-order valence-electron chi connectivity index (χ4n) is 17.4. The van der Waals surface area contributed by atoms with Gasteiger partial charge in [-0.25, -0.2) is 0 Å². The summed E-state index contributed by atoms with van der Waals surface area (Å²) in [6, 6.07) is 157. The standard InChI is InChI=1S/6C22H22/c1-16(2)19-13-20(18-10-5-4-6-11-18)15-21(14-19)22-12-8-7-9-17(22)3;1-16(2)20-14-13-19(21-12-8-7-9-17(21)3)15-22(20)18-10-5-4-6-11-18;1-16(2)20-14-13-19(18-10-5-4-6-11-18)15-22(20)21-12-8-7-9-17(21)3;1-16(2)20-11-7-8-12-21(20)19-14-13-17(3)22(15-19)18-9-5-4-6-10-18;1-16(2)19-10-7-11-20(14-19)21-13-12-17(3)22(15-21)18-8-5-4-6-9-18;1-16(2)18-11-13-19(14-12-18)21-10-9-17(3)22(15-21)20-7-5-4-6-8-20/h6*4-16H,1-3H3. The van der Waals surface area contributed by atoms with E-state index in [9.17, 15) is 0 Å². The lowest BCUT2D eigenvalue weighted by atomic mass is 9.88. The maximum Gasteiger partial charge on any atom is -0.0140 e. The van der Waals surface area contributed by atoms with E-state index in [1.165, 1.54) is 200 Å². The van der Waals surface area contributed by atoms with Crippen LogP contribution in [0.5, 0.6) is 0 Å². The Labute approximate surface area is 791 Å². The van der Waals surface area contributed by atoms with Crippen molar-refractivity contribution in [3.63, 3.8) is 0 Å². The lowest BCUT2D eigenvalue weighted by molar-refractivity contribution is 0.867. The molecule has 0 spiro atoms. The van der Waals surface area contributed by atoms with Gasteiger partial charge in [0.2, 0.25) is 0 Å². The molecule has 0 N–H and O–H groups in total. The second-order valence-corrected chi connectivity index (χ2v) is 36.9. The van der Waals surface area contributed by atoms with Crippen LogP contribution in [0.1, 0.15) is 185 Å². The molecular formula is C132H132. The summed E-state index contributed by atoms with van der Waals surface area (Å²) in [4.78, 5) is 0. The summed E-state index contributed by atoms with van der Waals surface area (Å²) >= 11 is 0. The van der Waals surface area contributed by atoms with Crippen molar-refractivity contribution in [1.29, 1.82) is 0 Å². The zero-order valence-electron chi connectivity index (χ0n) is 81.0. The van der Waals surface area contributed by atoms with Gasteiger partial charge in [0.25, 0.3) is 0 Å². The molecule has 0 aromatic heterocycles. The van der Waals surface area contributed by atoms with Crippen molar-refractivity contribution in [1.82, 2.24) is 0 Å². The molecule has 18 rings (SSSR count). The van der Waals surface area contributed by atoms with Gasteiger partial charge in [0.05, 0.1) is 0 Å². The SMILES string of the molecule is Cc1ccc(-c2ccc(C(C)C)cc2)cc1-c1ccccc1.Cc1ccc(-c2cccc(C(C)C)c2)cc1-c1ccccc1.Cc1ccc(-c2ccccc2C(C)C)cc1-c1ccccc1.Cc1ccccc1-c1cc(-c2ccccc2)cc(C(C)C)c1.Cc1ccccc1-c1cc(-c2ccccc2)ccc1C(C)C.Cc1ccccc1-c1ccc(C(C)C)c(-c2ccccc2)c1. The van der Waals surface area contributed by atoms with E-state index >= 15 is 0 Å². The van der Waals surface area contributed by atoms with E-state index in [2.05, 4.69) is 561 Å². The number of benzene rings is 18. The Kier molecular flexibility index (Phi) is 33.6. The number of hydrogen-bond donors (Lipinski definition) is 0. The Bertz CT molecular complexity index is 6700. The zero-order chi connectivity index (χ0) is 93.2. The van der Waals surface area contributed by atoms with E-state index in [4.69, 9.17) is 0 Å². The molecule has 660 valence electrons. The molecule has 0 heterocycles. The minimum absolute atomic E-state index is 0.513. The fraction of sp³-hybridized carbons (Fsp3) is 0.182. The molecule has 0 amide bonds. The number of hydrogen-bond acceptors (Lipinski definition) is 0. The van der Waals surface area contributed by atoms with Crippen LogP contribution < -0.4 is 0 Å². The molecule has 0 nitrogen and oxygen atoms in total. The Morgan fingerprint density at radius 3 is 0.803 bits per heavy atom. The summed E-state index contributed by atoms with van der Waals surface area (Å²) < 4.78 is 0. The summed E-state index contributed by atoms with van der Waals surface area (Å²) in [5.41, 5.74) is 47.6.